The van der Waals surface area contributed by atoms with Crippen molar-refractivity contribution in [2.75, 3.05) is 7.05 Å². The van der Waals surface area contributed by atoms with Crippen LogP contribution < -0.4 is 0 Å². The summed E-state index contributed by atoms with van der Waals surface area (Å²) >= 11 is 0. The number of aromatic nitrogens is 3. The van der Waals surface area contributed by atoms with Gasteiger partial charge < -0.3 is 9.42 Å². The van der Waals surface area contributed by atoms with Gasteiger partial charge in [-0.05, 0) is 12.5 Å². The molecule has 6 nitrogen and oxygen atoms in total. The molecular weight excluding hydrogens is 292 g/mol. The highest BCUT2D eigenvalue weighted by atomic mass is 16.5. The molecule has 2 aromatic heterocycles. The first-order valence-electron chi connectivity index (χ1n) is 7.39. The number of carbonyl (C=O) groups excluding carboxylic acids is 1. The van der Waals surface area contributed by atoms with E-state index in [0.717, 1.165) is 11.3 Å². The molecule has 2 heterocycles. The molecule has 3 aromatic rings. The quantitative estimate of drug-likeness (QED) is 0.727. The SMILES string of the molecule is C[C@H](c1ccon1)N(C)C(=O)c1cnn(Cc2ccccc2)c1. The van der Waals surface area contributed by atoms with Gasteiger partial charge in [0, 0.05) is 19.3 Å². The molecule has 1 amide bonds. The molecule has 0 aliphatic carbocycles. The summed E-state index contributed by atoms with van der Waals surface area (Å²) in [5, 5.41) is 8.16. The lowest BCUT2D eigenvalue weighted by molar-refractivity contribution is 0.0737. The summed E-state index contributed by atoms with van der Waals surface area (Å²) in [4.78, 5) is 14.2. The minimum Gasteiger partial charge on any atom is -0.364 e. The zero-order valence-corrected chi connectivity index (χ0v) is 13.1. The lowest BCUT2D eigenvalue weighted by atomic mass is 10.2. The second kappa shape index (κ2) is 6.48. The summed E-state index contributed by atoms with van der Waals surface area (Å²) in [6.45, 7) is 2.54. The van der Waals surface area contributed by atoms with Gasteiger partial charge in [0.1, 0.15) is 12.0 Å². The summed E-state index contributed by atoms with van der Waals surface area (Å²) < 4.78 is 6.60. The molecule has 0 fully saturated rings. The van der Waals surface area contributed by atoms with Crippen LogP contribution in [-0.2, 0) is 6.54 Å². The maximum atomic E-state index is 12.6. The first-order chi connectivity index (χ1) is 11.1. The molecule has 0 saturated heterocycles. The summed E-state index contributed by atoms with van der Waals surface area (Å²) in [7, 11) is 1.75. The third kappa shape index (κ3) is 3.31. The van der Waals surface area contributed by atoms with Gasteiger partial charge >= 0.3 is 0 Å². The lowest BCUT2D eigenvalue weighted by Crippen LogP contribution is -2.29. The van der Waals surface area contributed by atoms with E-state index in [-0.39, 0.29) is 11.9 Å². The molecule has 0 spiro atoms. The standard InChI is InChI=1S/C17H18N4O2/c1-13(16-8-9-23-19-16)20(2)17(22)15-10-18-21(12-15)11-14-6-4-3-5-7-14/h3-10,12-13H,11H2,1-2H3/t13-/m1/s1. The molecule has 0 aliphatic rings. The molecular formula is C17H18N4O2. The van der Waals surface area contributed by atoms with Crippen molar-refractivity contribution < 1.29 is 9.32 Å². The van der Waals surface area contributed by atoms with Gasteiger partial charge in [-0.2, -0.15) is 5.10 Å². The predicted octanol–water partition coefficient (Wildman–Crippen LogP) is 2.75. The molecule has 0 unspecified atom stereocenters. The van der Waals surface area contributed by atoms with Crippen LogP contribution in [0.1, 0.15) is 34.6 Å². The molecule has 0 saturated carbocycles. The molecule has 0 aliphatic heterocycles. The van der Waals surface area contributed by atoms with Gasteiger partial charge in [-0.25, -0.2) is 0 Å². The van der Waals surface area contributed by atoms with Gasteiger partial charge in [-0.1, -0.05) is 35.5 Å². The topological polar surface area (TPSA) is 64.2 Å². The van der Waals surface area contributed by atoms with Gasteiger partial charge in [-0.3, -0.25) is 9.48 Å². The highest BCUT2D eigenvalue weighted by molar-refractivity contribution is 5.93. The summed E-state index contributed by atoms with van der Waals surface area (Å²) in [5.74, 6) is -0.0974. The van der Waals surface area contributed by atoms with Crippen molar-refractivity contribution in [2.24, 2.45) is 0 Å². The van der Waals surface area contributed by atoms with Gasteiger partial charge in [-0.15, -0.1) is 0 Å². The number of carbonyl (C=O) groups is 1. The molecule has 1 aromatic carbocycles. The van der Waals surface area contributed by atoms with Crippen LogP contribution in [0.15, 0.2) is 59.6 Å². The number of amides is 1. The normalized spacial score (nSPS) is 12.1. The summed E-state index contributed by atoms with van der Waals surface area (Å²) in [6, 6.07) is 11.6. The van der Waals surface area contributed by atoms with Crippen LogP contribution in [0.4, 0.5) is 0 Å². The molecule has 23 heavy (non-hydrogen) atoms. The average Bonchev–Trinajstić information content (AvgIpc) is 3.25. The van der Waals surface area contributed by atoms with Crippen molar-refractivity contribution in [3.05, 3.63) is 71.9 Å². The van der Waals surface area contributed by atoms with E-state index in [1.807, 2.05) is 37.3 Å². The fourth-order valence-corrected chi connectivity index (χ4v) is 2.35. The number of rotatable bonds is 5. The van der Waals surface area contributed by atoms with E-state index in [1.165, 1.54) is 6.26 Å². The maximum Gasteiger partial charge on any atom is 0.257 e. The number of benzene rings is 1. The summed E-state index contributed by atoms with van der Waals surface area (Å²) in [5.41, 5.74) is 2.41. The van der Waals surface area contributed by atoms with Crippen LogP contribution >= 0.6 is 0 Å². The Morgan fingerprint density at radius 3 is 2.78 bits per heavy atom. The van der Waals surface area contributed by atoms with Gasteiger partial charge in [0.2, 0.25) is 0 Å². The van der Waals surface area contributed by atoms with Gasteiger partial charge in [0.15, 0.2) is 0 Å². The van der Waals surface area contributed by atoms with Crippen molar-refractivity contribution in [3.8, 4) is 0 Å². The van der Waals surface area contributed by atoms with E-state index in [4.69, 9.17) is 4.52 Å². The Morgan fingerprint density at radius 1 is 1.30 bits per heavy atom. The Hall–Kier alpha value is -2.89. The van der Waals surface area contributed by atoms with Gasteiger partial charge in [0.25, 0.3) is 5.91 Å². The Morgan fingerprint density at radius 2 is 2.09 bits per heavy atom. The molecule has 0 N–H and O–H groups in total. The van der Waals surface area contributed by atoms with Crippen LogP contribution in [0.2, 0.25) is 0 Å². The van der Waals surface area contributed by atoms with Crippen LogP contribution in [0.25, 0.3) is 0 Å². The second-order valence-corrected chi connectivity index (χ2v) is 5.43. The van der Waals surface area contributed by atoms with Crippen LogP contribution in [-0.4, -0.2) is 32.8 Å². The van der Waals surface area contributed by atoms with E-state index >= 15 is 0 Å². The van der Waals surface area contributed by atoms with E-state index in [0.29, 0.717) is 12.1 Å². The van der Waals surface area contributed by atoms with Crippen LogP contribution in [0.5, 0.6) is 0 Å². The zero-order valence-electron chi connectivity index (χ0n) is 13.1. The number of hydrogen-bond donors (Lipinski definition) is 0. The van der Waals surface area contributed by atoms with Crippen molar-refractivity contribution in [2.45, 2.75) is 19.5 Å². The minimum absolute atomic E-state index is 0.0974. The average molecular weight is 310 g/mol. The highest BCUT2D eigenvalue weighted by Gasteiger charge is 2.21. The summed E-state index contributed by atoms with van der Waals surface area (Å²) in [6.07, 6.45) is 4.86. The smallest absolute Gasteiger partial charge is 0.257 e. The maximum absolute atomic E-state index is 12.6. The van der Waals surface area contributed by atoms with Crippen molar-refractivity contribution >= 4 is 5.91 Å². The third-order valence-electron chi connectivity index (χ3n) is 3.85. The van der Waals surface area contributed by atoms with E-state index in [2.05, 4.69) is 10.3 Å². The Bertz CT molecular complexity index is 765. The Balaban J connectivity index is 1.71. The molecule has 3 rings (SSSR count). The second-order valence-electron chi connectivity index (χ2n) is 5.43. The van der Waals surface area contributed by atoms with Crippen LogP contribution in [0, 0.1) is 0 Å². The molecule has 118 valence electrons. The largest absolute Gasteiger partial charge is 0.364 e. The zero-order chi connectivity index (χ0) is 16.2. The Kier molecular flexibility index (Phi) is 4.23. The van der Waals surface area contributed by atoms with Crippen molar-refractivity contribution in [1.82, 2.24) is 19.8 Å². The third-order valence-corrected chi connectivity index (χ3v) is 3.85. The molecule has 1 atom stereocenters. The minimum atomic E-state index is -0.168. The van der Waals surface area contributed by atoms with Crippen molar-refractivity contribution in [3.63, 3.8) is 0 Å². The lowest BCUT2D eigenvalue weighted by Gasteiger charge is -2.22. The Labute approximate surface area is 134 Å². The highest BCUT2D eigenvalue weighted by Crippen LogP contribution is 2.19. The number of nitrogens with zero attached hydrogens (tertiary/aromatic N) is 4. The molecule has 0 bridgehead atoms. The fourth-order valence-electron chi connectivity index (χ4n) is 2.35. The van der Waals surface area contributed by atoms with E-state index in [9.17, 15) is 4.79 Å². The predicted molar refractivity (Wildman–Crippen MR) is 84.8 cm³/mol. The molecule has 0 radical (unpaired) electrons. The fraction of sp³-hybridized carbons (Fsp3) is 0.235. The van der Waals surface area contributed by atoms with Gasteiger partial charge in [0.05, 0.1) is 24.3 Å². The monoisotopic (exact) mass is 310 g/mol. The van der Waals surface area contributed by atoms with E-state index in [1.54, 1.807) is 35.1 Å². The molecule has 6 heteroatoms. The van der Waals surface area contributed by atoms with E-state index < -0.39 is 0 Å². The first-order valence-corrected chi connectivity index (χ1v) is 7.39. The first kappa shape index (κ1) is 15.0. The van der Waals surface area contributed by atoms with Crippen molar-refractivity contribution in [1.29, 1.82) is 0 Å². The van der Waals surface area contributed by atoms with Crippen LogP contribution in [0.3, 0.4) is 0 Å². The number of hydrogen-bond acceptors (Lipinski definition) is 4.